The number of nitrogens with zero attached hydrogens (tertiary/aromatic N) is 1. The molecule has 0 radical (unpaired) electrons. The van der Waals surface area contributed by atoms with Crippen molar-refractivity contribution in [2.24, 2.45) is 11.8 Å². The lowest BCUT2D eigenvalue weighted by molar-refractivity contribution is 0.105. The minimum absolute atomic E-state index is 0.109. The average molecular weight is 412 g/mol. The van der Waals surface area contributed by atoms with Gasteiger partial charge in [-0.15, -0.1) is 0 Å². The lowest BCUT2D eigenvalue weighted by Crippen LogP contribution is -2.27. The average Bonchev–Trinajstić information content (AvgIpc) is 2.74. The molecular weight excluding hydrogens is 381 g/mol. The summed E-state index contributed by atoms with van der Waals surface area (Å²) in [5.41, 5.74) is 1.83. The van der Waals surface area contributed by atoms with Gasteiger partial charge in [-0.25, -0.2) is 4.39 Å². The molecule has 0 saturated heterocycles. The standard InChI is InChI=1S/C24H30FN3O2/c1-5-15(3)22(26)12-17(6-2)23(27)24(29)20-11-10-19(13-21(20)25)30-14-18-9-7-8-16(4)28-18/h7-11,13,15,17,26-27H,5-6,12,14H2,1-4H3/t15-,17+/m1/s1. The van der Waals surface area contributed by atoms with Crippen LogP contribution in [0.5, 0.6) is 5.75 Å². The molecule has 2 aromatic rings. The lowest BCUT2D eigenvalue weighted by atomic mass is 9.86. The van der Waals surface area contributed by atoms with Gasteiger partial charge in [0.25, 0.3) is 0 Å². The summed E-state index contributed by atoms with van der Waals surface area (Å²) in [5, 5.41) is 16.5. The summed E-state index contributed by atoms with van der Waals surface area (Å²) in [6.07, 6.45) is 1.74. The Morgan fingerprint density at radius 2 is 1.90 bits per heavy atom. The minimum atomic E-state index is -0.716. The third kappa shape index (κ3) is 6.05. The fraction of sp³-hybridized carbons (Fsp3) is 0.417. The van der Waals surface area contributed by atoms with Crippen molar-refractivity contribution < 1.29 is 13.9 Å². The molecule has 0 aliphatic heterocycles. The van der Waals surface area contributed by atoms with Crippen molar-refractivity contribution in [2.75, 3.05) is 0 Å². The summed E-state index contributed by atoms with van der Waals surface area (Å²) in [4.78, 5) is 17.1. The van der Waals surface area contributed by atoms with Crippen molar-refractivity contribution in [3.63, 3.8) is 0 Å². The van der Waals surface area contributed by atoms with Crippen LogP contribution in [0.1, 0.15) is 61.8 Å². The van der Waals surface area contributed by atoms with E-state index in [1.165, 1.54) is 18.2 Å². The van der Waals surface area contributed by atoms with E-state index in [0.717, 1.165) is 17.8 Å². The van der Waals surface area contributed by atoms with Crippen LogP contribution in [-0.2, 0) is 6.61 Å². The normalized spacial score (nSPS) is 12.8. The molecule has 2 atom stereocenters. The van der Waals surface area contributed by atoms with Gasteiger partial charge in [-0.1, -0.05) is 26.8 Å². The van der Waals surface area contributed by atoms with Crippen LogP contribution < -0.4 is 4.74 Å². The second-order valence-electron chi connectivity index (χ2n) is 7.59. The number of ketones is 1. The summed E-state index contributed by atoms with van der Waals surface area (Å²) in [5.74, 6) is -1.33. The number of benzene rings is 1. The van der Waals surface area contributed by atoms with E-state index in [2.05, 4.69) is 4.98 Å². The Labute approximate surface area is 177 Å². The van der Waals surface area contributed by atoms with Crippen molar-refractivity contribution in [3.05, 3.63) is 59.2 Å². The first-order valence-corrected chi connectivity index (χ1v) is 10.3. The van der Waals surface area contributed by atoms with Gasteiger partial charge in [0.05, 0.1) is 17.0 Å². The molecule has 0 amide bonds. The highest BCUT2D eigenvalue weighted by Gasteiger charge is 2.25. The molecule has 1 aromatic carbocycles. The van der Waals surface area contributed by atoms with Crippen molar-refractivity contribution in [1.29, 1.82) is 10.8 Å². The Morgan fingerprint density at radius 3 is 2.50 bits per heavy atom. The number of aryl methyl sites for hydroxylation is 1. The minimum Gasteiger partial charge on any atom is -0.487 e. The molecule has 0 saturated carbocycles. The van der Waals surface area contributed by atoms with Crippen LogP contribution >= 0.6 is 0 Å². The molecule has 0 fully saturated rings. The highest BCUT2D eigenvalue weighted by Crippen LogP contribution is 2.22. The summed E-state index contributed by atoms with van der Waals surface area (Å²) in [7, 11) is 0. The topological polar surface area (TPSA) is 86.9 Å². The highest BCUT2D eigenvalue weighted by atomic mass is 19.1. The number of Topliss-reactive ketones (excluding diaryl/α,β-unsaturated/α-hetero) is 1. The molecule has 5 nitrogen and oxygen atoms in total. The number of pyridine rings is 1. The van der Waals surface area contributed by atoms with Crippen molar-refractivity contribution >= 4 is 17.2 Å². The molecule has 1 aromatic heterocycles. The second kappa shape index (κ2) is 10.8. The van der Waals surface area contributed by atoms with Crippen LogP contribution in [0.25, 0.3) is 0 Å². The van der Waals surface area contributed by atoms with Crippen molar-refractivity contribution in [2.45, 2.75) is 53.6 Å². The van der Waals surface area contributed by atoms with E-state index in [-0.39, 0.29) is 29.7 Å². The number of hydrogen-bond acceptors (Lipinski definition) is 5. The first-order chi connectivity index (χ1) is 14.3. The van der Waals surface area contributed by atoms with Gasteiger partial charge in [-0.2, -0.15) is 0 Å². The highest BCUT2D eigenvalue weighted by molar-refractivity contribution is 6.45. The SMILES string of the molecule is CC[C@@H](CC(=N)[C@H](C)CC)C(=N)C(=O)c1ccc(OCc2cccc(C)n2)cc1F. The third-order valence-corrected chi connectivity index (χ3v) is 5.34. The number of aromatic nitrogens is 1. The predicted octanol–water partition coefficient (Wildman–Crippen LogP) is 5.79. The van der Waals surface area contributed by atoms with Crippen LogP contribution in [0.3, 0.4) is 0 Å². The summed E-state index contributed by atoms with van der Waals surface area (Å²) in [6.45, 7) is 7.92. The molecule has 0 spiro atoms. The van der Waals surface area contributed by atoms with E-state index >= 15 is 0 Å². The molecule has 0 aliphatic carbocycles. The van der Waals surface area contributed by atoms with Crippen LogP contribution in [0.4, 0.5) is 4.39 Å². The first kappa shape index (κ1) is 23.4. The van der Waals surface area contributed by atoms with Gasteiger partial charge >= 0.3 is 0 Å². The predicted molar refractivity (Wildman–Crippen MR) is 117 cm³/mol. The quantitative estimate of drug-likeness (QED) is 0.362. The smallest absolute Gasteiger partial charge is 0.209 e. The van der Waals surface area contributed by atoms with Gasteiger partial charge in [0.1, 0.15) is 18.2 Å². The van der Waals surface area contributed by atoms with E-state index in [1.54, 1.807) is 0 Å². The number of ether oxygens (including phenoxy) is 1. The summed E-state index contributed by atoms with van der Waals surface area (Å²) >= 11 is 0. The van der Waals surface area contributed by atoms with E-state index in [9.17, 15) is 9.18 Å². The molecule has 2 N–H and O–H groups in total. The fourth-order valence-corrected chi connectivity index (χ4v) is 3.10. The zero-order valence-electron chi connectivity index (χ0n) is 18.1. The molecule has 160 valence electrons. The molecule has 2 rings (SSSR count). The Hall–Kier alpha value is -2.89. The zero-order chi connectivity index (χ0) is 22.3. The molecule has 1 heterocycles. The third-order valence-electron chi connectivity index (χ3n) is 5.34. The fourth-order valence-electron chi connectivity index (χ4n) is 3.10. The van der Waals surface area contributed by atoms with Crippen molar-refractivity contribution in [3.8, 4) is 5.75 Å². The number of hydrogen-bond donors (Lipinski definition) is 2. The van der Waals surface area contributed by atoms with Crippen molar-refractivity contribution in [1.82, 2.24) is 4.98 Å². The Bertz CT molecular complexity index is 926. The summed E-state index contributed by atoms with van der Waals surface area (Å²) < 4.78 is 20.2. The number of carbonyl (C=O) groups is 1. The maximum absolute atomic E-state index is 14.6. The van der Waals surface area contributed by atoms with Crippen LogP contribution in [0.15, 0.2) is 36.4 Å². The van der Waals surface area contributed by atoms with Crippen LogP contribution in [0, 0.1) is 35.4 Å². The summed E-state index contributed by atoms with van der Waals surface area (Å²) in [6, 6.07) is 9.63. The Morgan fingerprint density at radius 1 is 1.17 bits per heavy atom. The van der Waals surface area contributed by atoms with E-state index in [0.29, 0.717) is 24.3 Å². The molecule has 0 aliphatic rings. The van der Waals surface area contributed by atoms with Gasteiger partial charge in [0, 0.05) is 23.4 Å². The monoisotopic (exact) mass is 411 g/mol. The molecule has 0 unspecified atom stereocenters. The molecular formula is C24H30FN3O2. The van der Waals surface area contributed by atoms with Gasteiger partial charge in [0.2, 0.25) is 5.78 Å². The largest absolute Gasteiger partial charge is 0.487 e. The first-order valence-electron chi connectivity index (χ1n) is 10.3. The molecule has 0 bridgehead atoms. The van der Waals surface area contributed by atoms with Crippen LogP contribution in [-0.4, -0.2) is 22.2 Å². The molecule has 6 heteroatoms. The maximum Gasteiger partial charge on any atom is 0.209 e. The number of nitrogens with one attached hydrogen (secondary N) is 2. The number of halogens is 1. The number of carbonyl (C=O) groups excluding carboxylic acids is 1. The van der Waals surface area contributed by atoms with E-state index in [1.807, 2.05) is 45.9 Å². The number of rotatable bonds is 11. The Balaban J connectivity index is 2.07. The van der Waals surface area contributed by atoms with Gasteiger partial charge in [0.15, 0.2) is 0 Å². The molecule has 30 heavy (non-hydrogen) atoms. The Kier molecular flexibility index (Phi) is 8.39. The maximum atomic E-state index is 14.6. The van der Waals surface area contributed by atoms with E-state index < -0.39 is 11.6 Å². The van der Waals surface area contributed by atoms with E-state index in [4.69, 9.17) is 15.6 Å². The van der Waals surface area contributed by atoms with Gasteiger partial charge in [-0.3, -0.25) is 9.78 Å². The second-order valence-corrected chi connectivity index (χ2v) is 7.59. The van der Waals surface area contributed by atoms with Gasteiger partial charge < -0.3 is 15.6 Å². The van der Waals surface area contributed by atoms with Crippen LogP contribution in [0.2, 0.25) is 0 Å². The zero-order valence-corrected chi connectivity index (χ0v) is 18.1. The lowest BCUT2D eigenvalue weighted by Gasteiger charge is -2.19. The van der Waals surface area contributed by atoms with Gasteiger partial charge in [-0.05, 0) is 56.4 Å².